The lowest BCUT2D eigenvalue weighted by molar-refractivity contribution is 0.1000. The molecule has 0 saturated carbocycles. The molecule has 0 unspecified atom stereocenters. The Morgan fingerprint density at radius 2 is 2.00 bits per heavy atom. The number of carbonyl (C=O) groups excluding carboxylic acids is 1. The van der Waals surface area contributed by atoms with Gasteiger partial charge in [0.25, 0.3) is 0 Å². The van der Waals surface area contributed by atoms with Gasteiger partial charge in [0.15, 0.2) is 0 Å². The Labute approximate surface area is 116 Å². The molecule has 104 valence electrons. The van der Waals surface area contributed by atoms with Crippen LogP contribution < -0.4 is 16.4 Å². The molecule has 0 radical (unpaired) electrons. The van der Waals surface area contributed by atoms with E-state index in [1.54, 1.807) is 12.1 Å². The number of benzene rings is 2. The summed E-state index contributed by atoms with van der Waals surface area (Å²) in [6.45, 7) is 0.369. The lowest BCUT2D eigenvalue weighted by Crippen LogP contribution is -2.18. The number of nitrogen functional groups attached to an aromatic ring is 1. The minimum Gasteiger partial charge on any atom is -0.399 e. The van der Waals surface area contributed by atoms with Crippen molar-refractivity contribution in [2.45, 2.75) is 6.54 Å². The SMILES string of the molecule is CN(Cc1ccc(C(N)=O)cc1F)c1cccc(N)c1. The summed E-state index contributed by atoms with van der Waals surface area (Å²) in [7, 11) is 1.84. The lowest BCUT2D eigenvalue weighted by Gasteiger charge is -2.20. The van der Waals surface area contributed by atoms with Crippen LogP contribution in [0.5, 0.6) is 0 Å². The lowest BCUT2D eigenvalue weighted by atomic mass is 10.1. The number of nitrogens with zero attached hydrogens (tertiary/aromatic N) is 1. The molecule has 2 aromatic carbocycles. The maximum atomic E-state index is 13.9. The third-order valence-electron chi connectivity index (χ3n) is 3.06. The van der Waals surface area contributed by atoms with Crippen molar-refractivity contribution in [1.29, 1.82) is 0 Å². The molecule has 1 amide bonds. The molecule has 0 fully saturated rings. The van der Waals surface area contributed by atoms with Gasteiger partial charge in [0.05, 0.1) is 0 Å². The highest BCUT2D eigenvalue weighted by atomic mass is 19.1. The highest BCUT2D eigenvalue weighted by Gasteiger charge is 2.09. The molecule has 0 heterocycles. The van der Waals surface area contributed by atoms with Crippen molar-refractivity contribution in [3.05, 3.63) is 59.4 Å². The Hall–Kier alpha value is -2.56. The molecule has 4 N–H and O–H groups in total. The number of carbonyl (C=O) groups is 1. The van der Waals surface area contributed by atoms with Crippen LogP contribution in [0.2, 0.25) is 0 Å². The zero-order valence-corrected chi connectivity index (χ0v) is 11.1. The van der Waals surface area contributed by atoms with Gasteiger partial charge < -0.3 is 16.4 Å². The Morgan fingerprint density at radius 1 is 1.25 bits per heavy atom. The molecule has 2 aromatic rings. The van der Waals surface area contributed by atoms with Crippen LogP contribution in [0.4, 0.5) is 15.8 Å². The van der Waals surface area contributed by atoms with Crippen molar-refractivity contribution in [1.82, 2.24) is 0 Å². The summed E-state index contributed by atoms with van der Waals surface area (Å²) in [4.78, 5) is 12.9. The first-order chi connectivity index (χ1) is 9.47. The smallest absolute Gasteiger partial charge is 0.248 e. The van der Waals surface area contributed by atoms with Gasteiger partial charge >= 0.3 is 0 Å². The fourth-order valence-electron chi connectivity index (χ4n) is 1.94. The molecule has 0 aromatic heterocycles. The summed E-state index contributed by atoms with van der Waals surface area (Å²) in [5.41, 5.74) is 13.0. The van der Waals surface area contributed by atoms with Crippen LogP contribution in [0, 0.1) is 5.82 Å². The molecule has 2 rings (SSSR count). The van der Waals surface area contributed by atoms with Crippen LogP contribution in [0.1, 0.15) is 15.9 Å². The van der Waals surface area contributed by atoms with E-state index in [9.17, 15) is 9.18 Å². The van der Waals surface area contributed by atoms with Crippen molar-refractivity contribution in [2.75, 3.05) is 17.7 Å². The van der Waals surface area contributed by atoms with Gasteiger partial charge in [-0.25, -0.2) is 4.39 Å². The van der Waals surface area contributed by atoms with E-state index in [-0.39, 0.29) is 5.56 Å². The minimum absolute atomic E-state index is 0.165. The first kappa shape index (κ1) is 13.9. The van der Waals surface area contributed by atoms with Crippen molar-refractivity contribution in [3.8, 4) is 0 Å². The maximum absolute atomic E-state index is 13.9. The van der Waals surface area contributed by atoms with Crippen molar-refractivity contribution >= 4 is 17.3 Å². The molecule has 0 saturated heterocycles. The third kappa shape index (κ3) is 3.06. The van der Waals surface area contributed by atoms with E-state index in [2.05, 4.69) is 0 Å². The second kappa shape index (κ2) is 5.61. The summed E-state index contributed by atoms with van der Waals surface area (Å²) in [5.74, 6) is -1.09. The standard InChI is InChI=1S/C15H16FN3O/c1-19(13-4-2-3-12(17)8-13)9-11-6-5-10(15(18)20)7-14(11)16/h2-8H,9,17H2,1H3,(H2,18,20). The van der Waals surface area contributed by atoms with E-state index in [1.165, 1.54) is 6.07 Å². The molecule has 0 bridgehead atoms. The normalized spacial score (nSPS) is 10.3. The summed E-state index contributed by atoms with van der Waals surface area (Å²) < 4.78 is 13.9. The molecule has 0 atom stereocenters. The minimum atomic E-state index is -0.639. The Kier molecular flexibility index (Phi) is 3.89. The molecular weight excluding hydrogens is 257 g/mol. The largest absolute Gasteiger partial charge is 0.399 e. The van der Waals surface area contributed by atoms with Crippen molar-refractivity contribution in [3.63, 3.8) is 0 Å². The highest BCUT2D eigenvalue weighted by Crippen LogP contribution is 2.20. The average Bonchev–Trinajstić information content (AvgIpc) is 2.40. The number of nitrogens with two attached hydrogens (primary N) is 2. The van der Waals surface area contributed by atoms with Gasteiger partial charge in [-0.2, -0.15) is 0 Å². The number of hydrogen-bond donors (Lipinski definition) is 2. The van der Waals surface area contributed by atoms with E-state index >= 15 is 0 Å². The summed E-state index contributed by atoms with van der Waals surface area (Å²) in [6, 6.07) is 11.6. The van der Waals surface area contributed by atoms with Gasteiger partial charge in [-0.1, -0.05) is 12.1 Å². The topological polar surface area (TPSA) is 72.3 Å². The van der Waals surface area contributed by atoms with E-state index in [0.717, 1.165) is 11.8 Å². The predicted molar refractivity (Wildman–Crippen MR) is 77.9 cm³/mol. The van der Waals surface area contributed by atoms with Gasteiger partial charge in [-0.3, -0.25) is 4.79 Å². The Morgan fingerprint density at radius 3 is 2.60 bits per heavy atom. The second-order valence-corrected chi connectivity index (χ2v) is 4.62. The first-order valence-corrected chi connectivity index (χ1v) is 6.12. The molecule has 0 aliphatic heterocycles. The summed E-state index contributed by atoms with van der Waals surface area (Å²) in [5, 5.41) is 0. The van der Waals surface area contributed by atoms with Crippen molar-refractivity contribution < 1.29 is 9.18 Å². The highest BCUT2D eigenvalue weighted by molar-refractivity contribution is 5.92. The van der Waals surface area contributed by atoms with Crippen molar-refractivity contribution in [2.24, 2.45) is 5.73 Å². The van der Waals surface area contributed by atoms with E-state index in [1.807, 2.05) is 30.1 Å². The van der Waals surface area contributed by atoms with E-state index in [4.69, 9.17) is 11.5 Å². The average molecular weight is 273 g/mol. The molecular formula is C15H16FN3O. The van der Waals surface area contributed by atoms with Gasteiger partial charge in [0, 0.05) is 36.1 Å². The van der Waals surface area contributed by atoms with Gasteiger partial charge in [0.1, 0.15) is 5.82 Å². The van der Waals surface area contributed by atoms with Crippen LogP contribution in [0.15, 0.2) is 42.5 Å². The van der Waals surface area contributed by atoms with E-state index in [0.29, 0.717) is 17.8 Å². The van der Waals surface area contributed by atoms with Crippen LogP contribution in [-0.2, 0) is 6.54 Å². The van der Waals surface area contributed by atoms with E-state index < -0.39 is 11.7 Å². The molecule has 4 nitrogen and oxygen atoms in total. The zero-order valence-electron chi connectivity index (χ0n) is 11.1. The maximum Gasteiger partial charge on any atom is 0.248 e. The van der Waals surface area contributed by atoms with Crippen LogP contribution >= 0.6 is 0 Å². The predicted octanol–water partition coefficient (Wildman–Crippen LogP) is 2.14. The molecule has 5 heteroatoms. The first-order valence-electron chi connectivity index (χ1n) is 6.12. The molecule has 20 heavy (non-hydrogen) atoms. The monoisotopic (exact) mass is 273 g/mol. The molecule has 0 spiro atoms. The number of primary amides is 1. The summed E-state index contributed by atoms with van der Waals surface area (Å²) in [6.07, 6.45) is 0. The van der Waals surface area contributed by atoms with Gasteiger partial charge in [-0.05, 0) is 30.3 Å². The fraction of sp³-hybridized carbons (Fsp3) is 0.133. The van der Waals surface area contributed by atoms with Crippen LogP contribution in [-0.4, -0.2) is 13.0 Å². The van der Waals surface area contributed by atoms with Crippen LogP contribution in [0.25, 0.3) is 0 Å². The number of anilines is 2. The fourth-order valence-corrected chi connectivity index (χ4v) is 1.94. The number of hydrogen-bond acceptors (Lipinski definition) is 3. The number of amides is 1. The molecule has 0 aliphatic carbocycles. The third-order valence-corrected chi connectivity index (χ3v) is 3.06. The Balaban J connectivity index is 2.19. The second-order valence-electron chi connectivity index (χ2n) is 4.62. The van der Waals surface area contributed by atoms with Gasteiger partial charge in [0.2, 0.25) is 5.91 Å². The molecule has 0 aliphatic rings. The quantitative estimate of drug-likeness (QED) is 0.838. The number of rotatable bonds is 4. The van der Waals surface area contributed by atoms with Crippen LogP contribution in [0.3, 0.4) is 0 Å². The van der Waals surface area contributed by atoms with Gasteiger partial charge in [-0.15, -0.1) is 0 Å². The summed E-state index contributed by atoms with van der Waals surface area (Å²) >= 11 is 0. The zero-order chi connectivity index (χ0) is 14.7. The Bertz CT molecular complexity index is 643. The number of halogens is 1.